The zero-order valence-electron chi connectivity index (χ0n) is 10.1. The van der Waals surface area contributed by atoms with Crippen molar-refractivity contribution in [2.24, 2.45) is 17.1 Å². The largest absolute Gasteiger partial charge is 0.469 e. The molecule has 15 heavy (non-hydrogen) atoms. The Morgan fingerprint density at radius 2 is 1.93 bits per heavy atom. The number of carbonyl (C=O) groups is 1. The van der Waals surface area contributed by atoms with E-state index in [1.54, 1.807) is 0 Å². The highest BCUT2D eigenvalue weighted by Crippen LogP contribution is 2.41. The quantitative estimate of drug-likeness (QED) is 0.730. The van der Waals surface area contributed by atoms with Gasteiger partial charge in [0.25, 0.3) is 0 Å². The van der Waals surface area contributed by atoms with Crippen LogP contribution < -0.4 is 5.73 Å². The number of hydrogen-bond acceptors (Lipinski definition) is 3. The Balaban J connectivity index is 2.69. The predicted molar refractivity (Wildman–Crippen MR) is 60.3 cm³/mol. The molecule has 1 fully saturated rings. The molecule has 88 valence electrons. The van der Waals surface area contributed by atoms with Crippen molar-refractivity contribution in [3.8, 4) is 0 Å². The Labute approximate surface area is 92.4 Å². The second-order valence-corrected chi connectivity index (χ2v) is 4.87. The minimum absolute atomic E-state index is 0.0644. The topological polar surface area (TPSA) is 52.3 Å². The third-order valence-electron chi connectivity index (χ3n) is 4.06. The second kappa shape index (κ2) is 4.97. The second-order valence-electron chi connectivity index (χ2n) is 4.87. The molecule has 0 aliphatic heterocycles. The maximum atomic E-state index is 11.8. The molecule has 3 nitrogen and oxygen atoms in total. The summed E-state index contributed by atoms with van der Waals surface area (Å²) < 4.78 is 4.92. The lowest BCUT2D eigenvalue weighted by Crippen LogP contribution is -2.40. The molecule has 1 unspecified atom stereocenters. The van der Waals surface area contributed by atoms with Crippen LogP contribution in [0.1, 0.15) is 46.0 Å². The lowest BCUT2D eigenvalue weighted by atomic mass is 9.67. The molecule has 2 N–H and O–H groups in total. The summed E-state index contributed by atoms with van der Waals surface area (Å²) in [4.78, 5) is 11.8. The predicted octanol–water partition coefficient (Wildman–Crippen LogP) is 2.09. The highest BCUT2D eigenvalue weighted by atomic mass is 16.5. The van der Waals surface area contributed by atoms with Crippen LogP contribution in [0.2, 0.25) is 0 Å². The molecule has 1 saturated carbocycles. The molecule has 0 bridgehead atoms. The molecule has 1 aliphatic rings. The molecule has 1 atom stereocenters. The van der Waals surface area contributed by atoms with E-state index in [1.807, 2.05) is 6.92 Å². The fourth-order valence-electron chi connectivity index (χ4n) is 2.59. The number of carbonyl (C=O) groups excluding carboxylic acids is 1. The normalized spacial score (nSPS) is 30.7. The van der Waals surface area contributed by atoms with Crippen molar-refractivity contribution >= 4 is 5.97 Å². The summed E-state index contributed by atoms with van der Waals surface area (Å²) in [7, 11) is 1.48. The molecule has 0 radical (unpaired) electrons. The Hall–Kier alpha value is -0.570. The van der Waals surface area contributed by atoms with Crippen LogP contribution in [0.25, 0.3) is 0 Å². The molecule has 1 aliphatic carbocycles. The maximum Gasteiger partial charge on any atom is 0.311 e. The van der Waals surface area contributed by atoms with E-state index in [2.05, 4.69) is 6.92 Å². The first kappa shape index (κ1) is 12.5. The lowest BCUT2D eigenvalue weighted by Gasteiger charge is -2.38. The van der Waals surface area contributed by atoms with Gasteiger partial charge in [-0.1, -0.05) is 6.92 Å². The van der Waals surface area contributed by atoms with E-state index in [1.165, 1.54) is 7.11 Å². The average Bonchev–Trinajstić information content (AvgIpc) is 2.27. The van der Waals surface area contributed by atoms with Gasteiger partial charge in [-0.15, -0.1) is 0 Å². The monoisotopic (exact) mass is 213 g/mol. The van der Waals surface area contributed by atoms with E-state index in [4.69, 9.17) is 10.5 Å². The first-order valence-electron chi connectivity index (χ1n) is 5.88. The Morgan fingerprint density at radius 1 is 1.40 bits per heavy atom. The summed E-state index contributed by atoms with van der Waals surface area (Å²) in [5, 5.41) is 0. The summed E-state index contributed by atoms with van der Waals surface area (Å²) >= 11 is 0. The molecule has 0 amide bonds. The molecule has 1 rings (SSSR count). The molecule has 0 aromatic rings. The van der Waals surface area contributed by atoms with E-state index in [-0.39, 0.29) is 11.4 Å². The van der Waals surface area contributed by atoms with Crippen LogP contribution in [0.4, 0.5) is 0 Å². The molecule has 0 saturated heterocycles. The van der Waals surface area contributed by atoms with E-state index >= 15 is 0 Å². The van der Waals surface area contributed by atoms with E-state index in [9.17, 15) is 4.79 Å². The zero-order valence-corrected chi connectivity index (χ0v) is 10.1. The van der Waals surface area contributed by atoms with E-state index in [0.29, 0.717) is 12.0 Å². The van der Waals surface area contributed by atoms with Crippen molar-refractivity contribution in [1.82, 2.24) is 0 Å². The van der Waals surface area contributed by atoms with Crippen molar-refractivity contribution in [1.29, 1.82) is 0 Å². The fraction of sp³-hybridized carbons (Fsp3) is 0.917. The summed E-state index contributed by atoms with van der Waals surface area (Å²) in [6.45, 7) is 4.09. The van der Waals surface area contributed by atoms with Gasteiger partial charge in [0.15, 0.2) is 0 Å². The van der Waals surface area contributed by atoms with Crippen molar-refractivity contribution in [2.75, 3.05) is 7.11 Å². The van der Waals surface area contributed by atoms with Crippen LogP contribution >= 0.6 is 0 Å². The first-order chi connectivity index (χ1) is 7.04. The third kappa shape index (κ3) is 2.51. The highest BCUT2D eigenvalue weighted by molar-refractivity contribution is 5.76. The summed E-state index contributed by atoms with van der Waals surface area (Å²) in [6, 6.07) is 0.333. The van der Waals surface area contributed by atoms with Gasteiger partial charge in [-0.3, -0.25) is 4.79 Å². The van der Waals surface area contributed by atoms with Crippen molar-refractivity contribution in [3.63, 3.8) is 0 Å². The molecule has 3 heteroatoms. The first-order valence-corrected chi connectivity index (χ1v) is 5.88. The van der Waals surface area contributed by atoms with Crippen LogP contribution in [-0.4, -0.2) is 19.1 Å². The van der Waals surface area contributed by atoms with Gasteiger partial charge in [0.2, 0.25) is 0 Å². The smallest absolute Gasteiger partial charge is 0.311 e. The van der Waals surface area contributed by atoms with Gasteiger partial charge >= 0.3 is 5.97 Å². The van der Waals surface area contributed by atoms with Crippen LogP contribution in [0.15, 0.2) is 0 Å². The SMILES string of the molecule is CCC(C)(C(=O)OC)C1CCC(N)CC1. The van der Waals surface area contributed by atoms with Crippen LogP contribution in [0.5, 0.6) is 0 Å². The Morgan fingerprint density at radius 3 is 2.33 bits per heavy atom. The van der Waals surface area contributed by atoms with Crippen LogP contribution in [0, 0.1) is 11.3 Å². The van der Waals surface area contributed by atoms with Crippen molar-refractivity contribution < 1.29 is 9.53 Å². The van der Waals surface area contributed by atoms with E-state index < -0.39 is 0 Å². The number of ether oxygens (including phenoxy) is 1. The highest BCUT2D eigenvalue weighted by Gasteiger charge is 2.41. The standard InChI is InChI=1S/C12H23NO2/c1-4-12(2,11(14)15-3)9-5-7-10(13)8-6-9/h9-10H,4-8,13H2,1-3H3. The minimum atomic E-state index is -0.311. The van der Waals surface area contributed by atoms with Gasteiger partial charge < -0.3 is 10.5 Å². The summed E-state index contributed by atoms with van der Waals surface area (Å²) in [6.07, 6.45) is 5.04. The number of nitrogens with two attached hydrogens (primary N) is 1. The minimum Gasteiger partial charge on any atom is -0.469 e. The fourth-order valence-corrected chi connectivity index (χ4v) is 2.59. The number of methoxy groups -OCH3 is 1. The Kier molecular flexibility index (Phi) is 4.14. The van der Waals surface area contributed by atoms with Crippen LogP contribution in [0.3, 0.4) is 0 Å². The maximum absolute atomic E-state index is 11.8. The third-order valence-corrected chi connectivity index (χ3v) is 4.06. The molecule has 0 aromatic heterocycles. The zero-order chi connectivity index (χ0) is 11.5. The van der Waals surface area contributed by atoms with Crippen molar-refractivity contribution in [2.45, 2.75) is 52.0 Å². The van der Waals surface area contributed by atoms with Gasteiger partial charge in [-0.2, -0.15) is 0 Å². The van der Waals surface area contributed by atoms with Gasteiger partial charge in [0.1, 0.15) is 0 Å². The van der Waals surface area contributed by atoms with Gasteiger partial charge in [0.05, 0.1) is 12.5 Å². The molecular formula is C12H23NO2. The van der Waals surface area contributed by atoms with Crippen LogP contribution in [-0.2, 0) is 9.53 Å². The number of esters is 1. The van der Waals surface area contributed by atoms with Gasteiger partial charge in [-0.05, 0) is 44.9 Å². The summed E-state index contributed by atoms with van der Waals surface area (Å²) in [5.74, 6) is 0.375. The average molecular weight is 213 g/mol. The molecule has 0 aromatic carbocycles. The van der Waals surface area contributed by atoms with E-state index in [0.717, 1.165) is 32.1 Å². The Bertz CT molecular complexity index is 222. The summed E-state index contributed by atoms with van der Waals surface area (Å²) in [5.41, 5.74) is 5.56. The molecule has 0 heterocycles. The number of hydrogen-bond donors (Lipinski definition) is 1. The van der Waals surface area contributed by atoms with Crippen molar-refractivity contribution in [3.05, 3.63) is 0 Å². The molecular weight excluding hydrogens is 190 g/mol. The molecule has 0 spiro atoms. The van der Waals surface area contributed by atoms with Gasteiger partial charge in [-0.25, -0.2) is 0 Å². The lowest BCUT2D eigenvalue weighted by molar-refractivity contribution is -0.156. The number of rotatable bonds is 3. The van der Waals surface area contributed by atoms with Gasteiger partial charge in [0, 0.05) is 6.04 Å².